The standard InChI is InChI=1S/C13H27NOS/c1-13(2,11-14)8-5-9-16(15)10-12-6-3-4-7-12/h12H,3-11,14H2,1-2H3. The zero-order valence-electron chi connectivity index (χ0n) is 10.8. The molecular formula is C13H27NOS. The number of nitrogens with two attached hydrogens (primary N) is 1. The van der Waals surface area contributed by atoms with Crippen LogP contribution >= 0.6 is 0 Å². The summed E-state index contributed by atoms with van der Waals surface area (Å²) in [5, 5.41) is 0. The van der Waals surface area contributed by atoms with Crippen molar-refractivity contribution in [3.8, 4) is 0 Å². The van der Waals surface area contributed by atoms with E-state index in [9.17, 15) is 4.21 Å². The molecule has 0 aromatic rings. The van der Waals surface area contributed by atoms with Crippen LogP contribution in [0.5, 0.6) is 0 Å². The maximum absolute atomic E-state index is 11.9. The minimum absolute atomic E-state index is 0.220. The summed E-state index contributed by atoms with van der Waals surface area (Å²) in [6.07, 6.45) is 7.47. The second-order valence-electron chi connectivity index (χ2n) is 5.93. The number of hydrogen-bond donors (Lipinski definition) is 1. The van der Waals surface area contributed by atoms with Gasteiger partial charge in [-0.2, -0.15) is 0 Å². The Labute approximate surface area is 103 Å². The average molecular weight is 245 g/mol. The van der Waals surface area contributed by atoms with Gasteiger partial charge in [-0.25, -0.2) is 0 Å². The average Bonchev–Trinajstić information content (AvgIpc) is 2.70. The highest BCUT2D eigenvalue weighted by atomic mass is 32.2. The van der Waals surface area contributed by atoms with E-state index in [1.54, 1.807) is 0 Å². The molecule has 2 N–H and O–H groups in total. The van der Waals surface area contributed by atoms with E-state index in [0.717, 1.165) is 36.8 Å². The monoisotopic (exact) mass is 245 g/mol. The van der Waals surface area contributed by atoms with Gasteiger partial charge in [-0.1, -0.05) is 26.7 Å². The molecule has 0 spiro atoms. The fourth-order valence-electron chi connectivity index (χ4n) is 2.34. The Morgan fingerprint density at radius 3 is 2.50 bits per heavy atom. The van der Waals surface area contributed by atoms with Gasteiger partial charge in [-0.3, -0.25) is 4.21 Å². The van der Waals surface area contributed by atoms with Crippen LogP contribution in [0.25, 0.3) is 0 Å². The fourth-order valence-corrected chi connectivity index (χ4v) is 3.83. The molecule has 2 nitrogen and oxygen atoms in total. The van der Waals surface area contributed by atoms with Crippen LogP contribution < -0.4 is 5.73 Å². The molecule has 0 radical (unpaired) electrons. The van der Waals surface area contributed by atoms with E-state index in [1.807, 2.05) is 0 Å². The highest BCUT2D eigenvalue weighted by Gasteiger charge is 2.19. The van der Waals surface area contributed by atoms with E-state index < -0.39 is 10.8 Å². The lowest BCUT2D eigenvalue weighted by Gasteiger charge is -2.21. The Morgan fingerprint density at radius 2 is 1.94 bits per heavy atom. The maximum atomic E-state index is 11.9. The van der Waals surface area contributed by atoms with Crippen molar-refractivity contribution in [2.75, 3.05) is 18.1 Å². The van der Waals surface area contributed by atoms with Crippen LogP contribution in [0.1, 0.15) is 52.4 Å². The molecule has 1 saturated carbocycles. The fraction of sp³-hybridized carbons (Fsp3) is 1.00. The van der Waals surface area contributed by atoms with Crippen molar-refractivity contribution in [1.29, 1.82) is 0 Å². The molecule has 0 bridgehead atoms. The molecule has 1 rings (SSSR count). The van der Waals surface area contributed by atoms with E-state index in [2.05, 4.69) is 13.8 Å². The van der Waals surface area contributed by atoms with Crippen molar-refractivity contribution in [3.63, 3.8) is 0 Å². The van der Waals surface area contributed by atoms with Gasteiger partial charge in [0.05, 0.1) is 0 Å². The predicted octanol–water partition coefficient (Wildman–Crippen LogP) is 2.69. The van der Waals surface area contributed by atoms with Crippen LogP contribution in [-0.2, 0) is 10.8 Å². The van der Waals surface area contributed by atoms with Crippen molar-refractivity contribution >= 4 is 10.8 Å². The van der Waals surface area contributed by atoms with Gasteiger partial charge in [-0.05, 0) is 43.6 Å². The van der Waals surface area contributed by atoms with E-state index >= 15 is 0 Å². The molecule has 3 heteroatoms. The van der Waals surface area contributed by atoms with Crippen molar-refractivity contribution in [3.05, 3.63) is 0 Å². The van der Waals surface area contributed by atoms with Gasteiger partial charge < -0.3 is 5.73 Å². The van der Waals surface area contributed by atoms with E-state index in [0.29, 0.717) is 0 Å². The Kier molecular flexibility index (Phi) is 5.98. The summed E-state index contributed by atoms with van der Waals surface area (Å²) in [5.74, 6) is 2.58. The summed E-state index contributed by atoms with van der Waals surface area (Å²) >= 11 is 0. The molecule has 0 heterocycles. The lowest BCUT2D eigenvalue weighted by Crippen LogP contribution is -2.24. The van der Waals surface area contributed by atoms with Crippen molar-refractivity contribution in [1.82, 2.24) is 0 Å². The normalized spacial score (nSPS) is 20.2. The molecular weight excluding hydrogens is 218 g/mol. The summed E-state index contributed by atoms with van der Waals surface area (Å²) in [7, 11) is -0.587. The SMILES string of the molecule is CC(C)(CN)CCCS(=O)CC1CCCC1. The van der Waals surface area contributed by atoms with Crippen LogP contribution in [0, 0.1) is 11.3 Å². The van der Waals surface area contributed by atoms with Gasteiger partial charge in [0.25, 0.3) is 0 Å². The van der Waals surface area contributed by atoms with Gasteiger partial charge >= 0.3 is 0 Å². The summed E-state index contributed by atoms with van der Waals surface area (Å²) in [6.45, 7) is 5.10. The highest BCUT2D eigenvalue weighted by Crippen LogP contribution is 2.26. The van der Waals surface area contributed by atoms with Crippen molar-refractivity contribution < 1.29 is 4.21 Å². The summed E-state index contributed by atoms with van der Waals surface area (Å²) in [6, 6.07) is 0. The predicted molar refractivity (Wildman–Crippen MR) is 71.9 cm³/mol. The van der Waals surface area contributed by atoms with Crippen LogP contribution in [0.3, 0.4) is 0 Å². The zero-order chi connectivity index (χ0) is 12.0. The first-order valence-electron chi connectivity index (χ1n) is 6.58. The van der Waals surface area contributed by atoms with E-state index in [-0.39, 0.29) is 5.41 Å². The summed E-state index contributed by atoms with van der Waals surface area (Å²) < 4.78 is 11.9. The lowest BCUT2D eigenvalue weighted by molar-refractivity contribution is 0.344. The molecule has 1 aliphatic rings. The minimum atomic E-state index is -0.587. The Balaban J connectivity index is 2.10. The third kappa shape index (κ3) is 5.44. The summed E-state index contributed by atoms with van der Waals surface area (Å²) in [4.78, 5) is 0. The minimum Gasteiger partial charge on any atom is -0.330 e. The van der Waals surface area contributed by atoms with E-state index in [4.69, 9.17) is 5.73 Å². The maximum Gasteiger partial charge on any atom is 0.0263 e. The van der Waals surface area contributed by atoms with Gasteiger partial charge in [0.2, 0.25) is 0 Å². The molecule has 96 valence electrons. The van der Waals surface area contributed by atoms with Crippen molar-refractivity contribution in [2.45, 2.75) is 52.4 Å². The Hall–Kier alpha value is 0.110. The second-order valence-corrected chi connectivity index (χ2v) is 7.55. The van der Waals surface area contributed by atoms with Crippen LogP contribution in [0.15, 0.2) is 0 Å². The molecule has 0 aromatic heterocycles. The molecule has 0 saturated heterocycles. The van der Waals surface area contributed by atoms with E-state index in [1.165, 1.54) is 25.7 Å². The third-order valence-electron chi connectivity index (χ3n) is 3.67. The number of hydrogen-bond acceptors (Lipinski definition) is 2. The lowest BCUT2D eigenvalue weighted by atomic mass is 9.88. The van der Waals surface area contributed by atoms with Crippen molar-refractivity contribution in [2.24, 2.45) is 17.1 Å². The molecule has 0 aliphatic heterocycles. The molecule has 1 unspecified atom stereocenters. The van der Waals surface area contributed by atoms with Gasteiger partial charge in [0.1, 0.15) is 0 Å². The molecule has 1 atom stereocenters. The quantitative estimate of drug-likeness (QED) is 0.749. The molecule has 0 aromatic carbocycles. The Morgan fingerprint density at radius 1 is 1.31 bits per heavy atom. The number of rotatable bonds is 7. The first-order valence-corrected chi connectivity index (χ1v) is 8.07. The Bertz CT molecular complexity index is 222. The van der Waals surface area contributed by atoms with Crippen LogP contribution in [0.4, 0.5) is 0 Å². The van der Waals surface area contributed by atoms with Gasteiger partial charge in [-0.15, -0.1) is 0 Å². The molecule has 0 amide bonds. The topological polar surface area (TPSA) is 43.1 Å². The van der Waals surface area contributed by atoms with Crippen LogP contribution in [0.2, 0.25) is 0 Å². The first kappa shape index (κ1) is 14.2. The third-order valence-corrected chi connectivity index (χ3v) is 5.26. The molecule has 1 aliphatic carbocycles. The first-order chi connectivity index (χ1) is 7.53. The molecule has 16 heavy (non-hydrogen) atoms. The van der Waals surface area contributed by atoms with Crippen LogP contribution in [-0.4, -0.2) is 22.3 Å². The molecule has 1 fully saturated rings. The largest absolute Gasteiger partial charge is 0.330 e. The zero-order valence-corrected chi connectivity index (χ0v) is 11.7. The summed E-state index contributed by atoms with van der Waals surface area (Å²) in [5.41, 5.74) is 5.90. The van der Waals surface area contributed by atoms with Gasteiger partial charge in [0, 0.05) is 22.3 Å². The highest BCUT2D eigenvalue weighted by molar-refractivity contribution is 7.84. The smallest absolute Gasteiger partial charge is 0.0263 e. The second kappa shape index (κ2) is 6.75. The van der Waals surface area contributed by atoms with Gasteiger partial charge in [0.15, 0.2) is 0 Å².